The standard InChI is InChI=1S/C26H25N3O3/c30-24(27-17-19-8-14-23(15-9-19)29-16-4-7-25(29)31)18-28-26(32)22-12-10-21(11-13-22)20-5-2-1-3-6-20/h1-3,5-6,8-15H,4,7,16-18H2,(H,27,30)(H,28,32). The van der Waals surface area contributed by atoms with Crippen molar-refractivity contribution in [2.24, 2.45) is 0 Å². The number of nitrogens with zero attached hydrogens (tertiary/aromatic N) is 1. The molecular weight excluding hydrogens is 402 g/mol. The van der Waals surface area contributed by atoms with Gasteiger partial charge in [-0.15, -0.1) is 0 Å². The zero-order valence-electron chi connectivity index (χ0n) is 17.7. The maximum atomic E-state index is 12.3. The minimum absolute atomic E-state index is 0.0976. The molecule has 1 saturated heterocycles. The van der Waals surface area contributed by atoms with Crippen molar-refractivity contribution < 1.29 is 14.4 Å². The molecule has 0 radical (unpaired) electrons. The molecule has 3 aromatic carbocycles. The number of hydrogen-bond acceptors (Lipinski definition) is 3. The second-order valence-electron chi connectivity index (χ2n) is 7.72. The second-order valence-corrected chi connectivity index (χ2v) is 7.72. The third-order valence-corrected chi connectivity index (χ3v) is 5.47. The van der Waals surface area contributed by atoms with Gasteiger partial charge in [-0.1, -0.05) is 54.6 Å². The summed E-state index contributed by atoms with van der Waals surface area (Å²) in [5.41, 5.74) is 4.42. The van der Waals surface area contributed by atoms with Gasteiger partial charge >= 0.3 is 0 Å². The van der Waals surface area contributed by atoms with E-state index in [1.807, 2.05) is 66.7 Å². The Morgan fingerprint density at radius 3 is 2.16 bits per heavy atom. The van der Waals surface area contributed by atoms with Crippen LogP contribution in [-0.2, 0) is 16.1 Å². The van der Waals surface area contributed by atoms with E-state index in [1.54, 1.807) is 17.0 Å². The van der Waals surface area contributed by atoms with Crippen molar-refractivity contribution in [1.29, 1.82) is 0 Å². The molecule has 1 aliphatic rings. The van der Waals surface area contributed by atoms with Crippen molar-refractivity contribution >= 4 is 23.4 Å². The van der Waals surface area contributed by atoms with Gasteiger partial charge in [0.2, 0.25) is 11.8 Å². The van der Waals surface area contributed by atoms with Crippen LogP contribution in [0.25, 0.3) is 11.1 Å². The Morgan fingerprint density at radius 1 is 0.812 bits per heavy atom. The summed E-state index contributed by atoms with van der Waals surface area (Å²) in [6, 6.07) is 24.8. The van der Waals surface area contributed by atoms with Crippen LogP contribution >= 0.6 is 0 Å². The van der Waals surface area contributed by atoms with E-state index in [9.17, 15) is 14.4 Å². The highest BCUT2D eigenvalue weighted by molar-refractivity contribution is 5.97. The lowest BCUT2D eigenvalue weighted by Crippen LogP contribution is -2.36. The van der Waals surface area contributed by atoms with Gasteiger partial charge in [0.25, 0.3) is 5.91 Å². The van der Waals surface area contributed by atoms with Crippen LogP contribution < -0.4 is 15.5 Å². The predicted octanol–water partition coefficient (Wildman–Crippen LogP) is 3.53. The van der Waals surface area contributed by atoms with Gasteiger partial charge in [0.1, 0.15) is 0 Å². The quantitative estimate of drug-likeness (QED) is 0.606. The van der Waals surface area contributed by atoms with E-state index in [1.165, 1.54) is 0 Å². The lowest BCUT2D eigenvalue weighted by atomic mass is 10.0. The molecular formula is C26H25N3O3. The zero-order valence-corrected chi connectivity index (χ0v) is 17.7. The maximum Gasteiger partial charge on any atom is 0.251 e. The van der Waals surface area contributed by atoms with Crippen LogP contribution in [0.5, 0.6) is 0 Å². The fourth-order valence-corrected chi connectivity index (χ4v) is 3.69. The second kappa shape index (κ2) is 9.92. The van der Waals surface area contributed by atoms with Crippen molar-refractivity contribution in [2.75, 3.05) is 18.0 Å². The molecule has 0 aromatic heterocycles. The first kappa shape index (κ1) is 21.3. The number of amides is 3. The fraction of sp³-hybridized carbons (Fsp3) is 0.192. The van der Waals surface area contributed by atoms with Crippen LogP contribution in [0.1, 0.15) is 28.8 Å². The van der Waals surface area contributed by atoms with Gasteiger partial charge in [-0.05, 0) is 47.4 Å². The van der Waals surface area contributed by atoms with Crippen molar-refractivity contribution in [3.8, 4) is 11.1 Å². The van der Waals surface area contributed by atoms with Gasteiger partial charge in [-0.2, -0.15) is 0 Å². The number of benzene rings is 3. The molecule has 32 heavy (non-hydrogen) atoms. The molecule has 0 aliphatic carbocycles. The molecule has 1 heterocycles. The summed E-state index contributed by atoms with van der Waals surface area (Å²) < 4.78 is 0. The van der Waals surface area contributed by atoms with Crippen molar-refractivity contribution in [3.63, 3.8) is 0 Å². The Hall–Kier alpha value is -3.93. The van der Waals surface area contributed by atoms with Gasteiger partial charge in [0, 0.05) is 30.8 Å². The Labute approximate surface area is 187 Å². The lowest BCUT2D eigenvalue weighted by molar-refractivity contribution is -0.120. The van der Waals surface area contributed by atoms with E-state index < -0.39 is 0 Å². The molecule has 162 valence electrons. The molecule has 3 aromatic rings. The zero-order chi connectivity index (χ0) is 22.3. The minimum atomic E-state index is -0.292. The summed E-state index contributed by atoms with van der Waals surface area (Å²) >= 11 is 0. The van der Waals surface area contributed by atoms with Crippen molar-refractivity contribution in [1.82, 2.24) is 10.6 Å². The smallest absolute Gasteiger partial charge is 0.251 e. The Morgan fingerprint density at radius 2 is 1.50 bits per heavy atom. The number of nitrogens with one attached hydrogen (secondary N) is 2. The maximum absolute atomic E-state index is 12.3. The molecule has 1 fully saturated rings. The molecule has 2 N–H and O–H groups in total. The molecule has 6 nitrogen and oxygen atoms in total. The fourth-order valence-electron chi connectivity index (χ4n) is 3.69. The van der Waals surface area contributed by atoms with Crippen LogP contribution in [0.4, 0.5) is 5.69 Å². The van der Waals surface area contributed by atoms with Gasteiger partial charge in [0.05, 0.1) is 6.54 Å². The highest BCUT2D eigenvalue weighted by Crippen LogP contribution is 2.21. The predicted molar refractivity (Wildman–Crippen MR) is 124 cm³/mol. The third-order valence-electron chi connectivity index (χ3n) is 5.47. The molecule has 6 heteroatoms. The van der Waals surface area contributed by atoms with Gasteiger partial charge in [0.15, 0.2) is 0 Å². The number of carbonyl (C=O) groups is 3. The Kier molecular flexibility index (Phi) is 6.60. The number of anilines is 1. The lowest BCUT2D eigenvalue weighted by Gasteiger charge is -2.16. The van der Waals surface area contributed by atoms with Crippen LogP contribution in [0, 0.1) is 0 Å². The van der Waals surface area contributed by atoms with E-state index >= 15 is 0 Å². The molecule has 1 aliphatic heterocycles. The molecule has 0 spiro atoms. The third kappa shape index (κ3) is 5.21. The van der Waals surface area contributed by atoms with Crippen LogP contribution in [0.15, 0.2) is 78.9 Å². The largest absolute Gasteiger partial charge is 0.350 e. The van der Waals surface area contributed by atoms with Crippen LogP contribution in [0.3, 0.4) is 0 Å². The van der Waals surface area contributed by atoms with Crippen LogP contribution in [0.2, 0.25) is 0 Å². The molecule has 4 rings (SSSR count). The highest BCUT2D eigenvalue weighted by atomic mass is 16.2. The van der Waals surface area contributed by atoms with Gasteiger partial charge in [-0.3, -0.25) is 14.4 Å². The van der Waals surface area contributed by atoms with E-state index in [2.05, 4.69) is 10.6 Å². The number of rotatable bonds is 7. The normalized spacial score (nSPS) is 13.1. The van der Waals surface area contributed by atoms with E-state index in [0.717, 1.165) is 35.3 Å². The Balaban J connectivity index is 1.23. The van der Waals surface area contributed by atoms with E-state index in [0.29, 0.717) is 18.5 Å². The van der Waals surface area contributed by atoms with E-state index in [4.69, 9.17) is 0 Å². The molecule has 0 saturated carbocycles. The first-order valence-electron chi connectivity index (χ1n) is 10.7. The summed E-state index contributed by atoms with van der Waals surface area (Å²) in [6.45, 7) is 1.01. The molecule has 0 atom stereocenters. The SMILES string of the molecule is O=C(CNC(=O)c1ccc(-c2ccccc2)cc1)NCc1ccc(N2CCCC2=O)cc1. The van der Waals surface area contributed by atoms with Gasteiger partial charge in [-0.25, -0.2) is 0 Å². The number of hydrogen-bond donors (Lipinski definition) is 2. The Bertz CT molecular complexity index is 1090. The van der Waals surface area contributed by atoms with Gasteiger partial charge < -0.3 is 15.5 Å². The molecule has 0 unspecified atom stereocenters. The summed E-state index contributed by atoms with van der Waals surface area (Å²) in [7, 11) is 0. The monoisotopic (exact) mass is 427 g/mol. The summed E-state index contributed by atoms with van der Waals surface area (Å²) in [5.74, 6) is -0.408. The topological polar surface area (TPSA) is 78.5 Å². The van der Waals surface area contributed by atoms with Crippen molar-refractivity contribution in [3.05, 3.63) is 90.0 Å². The summed E-state index contributed by atoms with van der Waals surface area (Å²) in [4.78, 5) is 38.1. The molecule has 0 bridgehead atoms. The van der Waals surface area contributed by atoms with Crippen LogP contribution in [-0.4, -0.2) is 30.8 Å². The van der Waals surface area contributed by atoms with Crippen molar-refractivity contribution in [2.45, 2.75) is 19.4 Å². The molecule has 3 amide bonds. The number of carbonyl (C=O) groups excluding carboxylic acids is 3. The minimum Gasteiger partial charge on any atom is -0.350 e. The summed E-state index contributed by atoms with van der Waals surface area (Å²) in [6.07, 6.45) is 1.49. The first-order valence-corrected chi connectivity index (χ1v) is 10.7. The van der Waals surface area contributed by atoms with E-state index in [-0.39, 0.29) is 24.3 Å². The average molecular weight is 428 g/mol. The summed E-state index contributed by atoms with van der Waals surface area (Å²) in [5, 5.41) is 5.45. The first-order chi connectivity index (χ1) is 15.6. The average Bonchev–Trinajstić information content (AvgIpc) is 3.28. The highest BCUT2D eigenvalue weighted by Gasteiger charge is 2.21.